The van der Waals surface area contributed by atoms with Crippen LogP contribution in [0.1, 0.15) is 40.0 Å². The second-order valence-corrected chi connectivity index (χ2v) is 9.17. The van der Waals surface area contributed by atoms with Crippen molar-refractivity contribution in [2.45, 2.75) is 40.0 Å². The SMILES string of the molecule is CC(C)C[C@@H](C/C=C\CN(C=O)c1nc(-c2ccccc2Cl)cs1)C(C)CC(=O)O. The van der Waals surface area contributed by atoms with Crippen LogP contribution in [0.15, 0.2) is 41.8 Å². The van der Waals surface area contributed by atoms with Crippen molar-refractivity contribution in [3.05, 3.63) is 46.8 Å². The Hall–Kier alpha value is -2.18. The van der Waals surface area contributed by atoms with Crippen molar-refractivity contribution in [2.24, 2.45) is 17.8 Å². The van der Waals surface area contributed by atoms with E-state index in [4.69, 9.17) is 16.7 Å². The minimum atomic E-state index is -0.759. The highest BCUT2D eigenvalue weighted by atomic mass is 35.5. The van der Waals surface area contributed by atoms with Crippen LogP contribution in [0.25, 0.3) is 11.3 Å². The van der Waals surface area contributed by atoms with Gasteiger partial charge in [0.25, 0.3) is 0 Å². The van der Waals surface area contributed by atoms with Crippen LogP contribution in [0, 0.1) is 17.8 Å². The lowest BCUT2D eigenvalue weighted by Crippen LogP contribution is -2.21. The van der Waals surface area contributed by atoms with Crippen molar-refractivity contribution < 1.29 is 14.7 Å². The van der Waals surface area contributed by atoms with E-state index in [2.05, 4.69) is 18.8 Å². The molecule has 1 aromatic carbocycles. The molecule has 1 N–H and O–H groups in total. The highest BCUT2D eigenvalue weighted by Gasteiger charge is 2.20. The highest BCUT2D eigenvalue weighted by Crippen LogP contribution is 2.31. The number of aromatic nitrogens is 1. The zero-order valence-electron chi connectivity index (χ0n) is 17.6. The van der Waals surface area contributed by atoms with Crippen LogP contribution >= 0.6 is 22.9 Å². The van der Waals surface area contributed by atoms with E-state index >= 15 is 0 Å². The molecule has 0 spiro atoms. The molecule has 1 amide bonds. The molecule has 162 valence electrons. The van der Waals surface area contributed by atoms with Gasteiger partial charge in [-0.3, -0.25) is 14.5 Å². The second kappa shape index (κ2) is 11.9. The molecule has 2 atom stereocenters. The molecule has 0 saturated heterocycles. The van der Waals surface area contributed by atoms with Gasteiger partial charge in [-0.15, -0.1) is 11.3 Å². The first-order chi connectivity index (χ1) is 14.3. The lowest BCUT2D eigenvalue weighted by atomic mass is 9.82. The summed E-state index contributed by atoms with van der Waals surface area (Å²) in [6.07, 6.45) is 6.72. The maximum Gasteiger partial charge on any atom is 0.303 e. The topological polar surface area (TPSA) is 70.5 Å². The van der Waals surface area contributed by atoms with E-state index in [0.717, 1.165) is 30.5 Å². The monoisotopic (exact) mass is 448 g/mol. The van der Waals surface area contributed by atoms with Crippen molar-refractivity contribution in [3.63, 3.8) is 0 Å². The number of carbonyl (C=O) groups is 2. The number of hydrogen-bond acceptors (Lipinski definition) is 4. The van der Waals surface area contributed by atoms with Gasteiger partial charge < -0.3 is 5.11 Å². The first kappa shape index (κ1) is 24.1. The summed E-state index contributed by atoms with van der Waals surface area (Å²) in [6, 6.07) is 7.49. The van der Waals surface area contributed by atoms with E-state index in [1.54, 1.807) is 4.90 Å². The lowest BCUT2D eigenvalue weighted by Gasteiger charge is -2.23. The summed E-state index contributed by atoms with van der Waals surface area (Å²) in [5.74, 6) is 0.151. The molecule has 2 rings (SSSR count). The van der Waals surface area contributed by atoms with Gasteiger partial charge in [-0.25, -0.2) is 4.98 Å². The standard InChI is InChI=1S/C23H29ClN2O3S/c1-16(2)12-18(17(3)13-22(28)29)8-6-7-11-26(15-27)23-25-21(14-30-23)19-9-4-5-10-20(19)24/h4-7,9-10,14-18H,8,11-13H2,1-3H3,(H,28,29)/b7-6-/t17?,18-/m1/s1. The number of carboxylic acids is 1. The van der Waals surface area contributed by atoms with Gasteiger partial charge in [0.1, 0.15) is 0 Å². The first-order valence-electron chi connectivity index (χ1n) is 10.1. The summed E-state index contributed by atoms with van der Waals surface area (Å²) in [6.45, 7) is 6.72. The minimum Gasteiger partial charge on any atom is -0.481 e. The number of hydrogen-bond donors (Lipinski definition) is 1. The van der Waals surface area contributed by atoms with E-state index in [0.29, 0.717) is 28.5 Å². The molecular weight excluding hydrogens is 420 g/mol. The third kappa shape index (κ3) is 7.26. The first-order valence-corrected chi connectivity index (χ1v) is 11.4. The fourth-order valence-electron chi connectivity index (χ4n) is 3.42. The van der Waals surface area contributed by atoms with Crippen LogP contribution in [0.4, 0.5) is 5.13 Å². The zero-order chi connectivity index (χ0) is 22.1. The molecule has 1 heterocycles. The normalized spacial score (nSPS) is 13.5. The Bertz CT molecular complexity index is 866. The highest BCUT2D eigenvalue weighted by molar-refractivity contribution is 7.14. The maximum absolute atomic E-state index is 11.6. The summed E-state index contributed by atoms with van der Waals surface area (Å²) in [4.78, 5) is 28.8. The van der Waals surface area contributed by atoms with Crippen LogP contribution in [0.5, 0.6) is 0 Å². The summed E-state index contributed by atoms with van der Waals surface area (Å²) in [5.41, 5.74) is 1.59. The Balaban J connectivity index is 2.00. The molecule has 5 nitrogen and oxygen atoms in total. The average molecular weight is 449 g/mol. The van der Waals surface area contributed by atoms with Crippen molar-refractivity contribution in [1.29, 1.82) is 0 Å². The molecule has 30 heavy (non-hydrogen) atoms. The van der Waals surface area contributed by atoms with Crippen molar-refractivity contribution >= 4 is 40.4 Å². The van der Waals surface area contributed by atoms with Gasteiger partial charge >= 0.3 is 5.97 Å². The predicted molar refractivity (Wildman–Crippen MR) is 124 cm³/mol. The van der Waals surface area contributed by atoms with Crippen molar-refractivity contribution in [3.8, 4) is 11.3 Å². The third-order valence-electron chi connectivity index (χ3n) is 5.00. The lowest BCUT2D eigenvalue weighted by molar-refractivity contribution is -0.138. The Labute approximate surface area is 187 Å². The fourth-order valence-corrected chi connectivity index (χ4v) is 4.46. The van der Waals surface area contributed by atoms with Crippen LogP contribution < -0.4 is 4.90 Å². The molecule has 2 aromatic rings. The molecule has 0 fully saturated rings. The number of amides is 1. The molecule has 1 aromatic heterocycles. The number of rotatable bonds is 12. The van der Waals surface area contributed by atoms with Crippen LogP contribution in [-0.4, -0.2) is 29.0 Å². The number of anilines is 1. The molecule has 0 aliphatic heterocycles. The van der Waals surface area contributed by atoms with Crippen LogP contribution in [-0.2, 0) is 9.59 Å². The summed E-state index contributed by atoms with van der Waals surface area (Å²) >= 11 is 7.64. The molecule has 7 heteroatoms. The van der Waals surface area contributed by atoms with Gasteiger partial charge in [0.2, 0.25) is 6.41 Å². The number of carboxylic acid groups (broad SMARTS) is 1. The predicted octanol–water partition coefficient (Wildman–Crippen LogP) is 6.15. The minimum absolute atomic E-state index is 0.105. The molecule has 0 radical (unpaired) electrons. The number of allylic oxidation sites excluding steroid dienone is 1. The maximum atomic E-state index is 11.6. The van der Waals surface area contributed by atoms with E-state index in [-0.39, 0.29) is 12.3 Å². The largest absolute Gasteiger partial charge is 0.481 e. The molecule has 0 bridgehead atoms. The van der Waals surface area contributed by atoms with Gasteiger partial charge in [-0.2, -0.15) is 0 Å². The average Bonchev–Trinajstić information content (AvgIpc) is 3.16. The molecule has 0 aliphatic rings. The van der Waals surface area contributed by atoms with Gasteiger partial charge in [-0.05, 0) is 36.7 Å². The van der Waals surface area contributed by atoms with Crippen molar-refractivity contribution in [1.82, 2.24) is 4.98 Å². The third-order valence-corrected chi connectivity index (χ3v) is 6.21. The molecule has 1 unspecified atom stereocenters. The van der Waals surface area contributed by atoms with Gasteiger partial charge in [0.05, 0.1) is 5.69 Å². The van der Waals surface area contributed by atoms with E-state index < -0.39 is 5.97 Å². The number of nitrogens with zero attached hydrogens (tertiary/aromatic N) is 2. The van der Waals surface area contributed by atoms with E-state index in [1.807, 2.05) is 48.7 Å². The Morgan fingerprint density at radius 3 is 2.63 bits per heavy atom. The van der Waals surface area contributed by atoms with Crippen molar-refractivity contribution in [2.75, 3.05) is 11.4 Å². The molecular formula is C23H29ClN2O3S. The molecule has 0 aliphatic carbocycles. The summed E-state index contributed by atoms with van der Waals surface area (Å²) in [5, 5.41) is 12.2. The van der Waals surface area contributed by atoms with Crippen LogP contribution in [0.3, 0.4) is 0 Å². The van der Waals surface area contributed by atoms with Gasteiger partial charge in [-0.1, -0.05) is 62.7 Å². The Morgan fingerprint density at radius 2 is 2.00 bits per heavy atom. The Kier molecular flexibility index (Phi) is 9.53. The fraction of sp³-hybridized carbons (Fsp3) is 0.435. The van der Waals surface area contributed by atoms with Gasteiger partial charge in [0.15, 0.2) is 5.13 Å². The smallest absolute Gasteiger partial charge is 0.303 e. The quantitative estimate of drug-likeness (QED) is 0.312. The van der Waals surface area contributed by atoms with Gasteiger partial charge in [0, 0.05) is 28.9 Å². The number of benzene rings is 1. The van der Waals surface area contributed by atoms with E-state index in [9.17, 15) is 9.59 Å². The summed E-state index contributed by atoms with van der Waals surface area (Å²) in [7, 11) is 0. The second-order valence-electron chi connectivity index (χ2n) is 7.92. The van der Waals surface area contributed by atoms with Crippen LogP contribution in [0.2, 0.25) is 5.02 Å². The number of halogens is 1. The Morgan fingerprint density at radius 1 is 1.27 bits per heavy atom. The number of carbonyl (C=O) groups excluding carboxylic acids is 1. The number of aliphatic carboxylic acids is 1. The number of thiazole rings is 1. The summed E-state index contributed by atoms with van der Waals surface area (Å²) < 4.78 is 0. The van der Waals surface area contributed by atoms with E-state index in [1.165, 1.54) is 11.3 Å². The zero-order valence-corrected chi connectivity index (χ0v) is 19.2. The molecule has 0 saturated carbocycles.